The van der Waals surface area contributed by atoms with Crippen LogP contribution in [0.4, 0.5) is 13.2 Å². The van der Waals surface area contributed by atoms with Crippen molar-refractivity contribution in [2.75, 3.05) is 32.4 Å². The summed E-state index contributed by atoms with van der Waals surface area (Å²) in [5.74, 6) is -0.939. The van der Waals surface area contributed by atoms with Crippen molar-refractivity contribution in [3.05, 3.63) is 59.9 Å². The van der Waals surface area contributed by atoms with Crippen molar-refractivity contribution in [2.24, 2.45) is 10.8 Å². The van der Waals surface area contributed by atoms with E-state index in [2.05, 4.69) is 4.72 Å². The molecule has 35 heavy (non-hydrogen) atoms. The summed E-state index contributed by atoms with van der Waals surface area (Å²) in [6, 6.07) is 10.8. The van der Waals surface area contributed by atoms with Gasteiger partial charge in [0, 0.05) is 23.6 Å². The minimum atomic E-state index is -4.25. The first-order chi connectivity index (χ1) is 16.7. The number of sulfonamides is 1. The molecule has 1 spiro atoms. The van der Waals surface area contributed by atoms with Gasteiger partial charge in [0.25, 0.3) is 0 Å². The molecule has 3 aliphatic rings. The van der Waals surface area contributed by atoms with Crippen LogP contribution in [-0.2, 0) is 26.0 Å². The minimum absolute atomic E-state index is 0.00267. The molecule has 2 saturated heterocycles. The van der Waals surface area contributed by atoms with Crippen LogP contribution in [0.1, 0.15) is 18.4 Å². The van der Waals surface area contributed by atoms with Crippen molar-refractivity contribution in [2.45, 2.75) is 31.3 Å². The Labute approximate surface area is 202 Å². The van der Waals surface area contributed by atoms with Gasteiger partial charge >= 0.3 is 0 Å². The quantitative estimate of drug-likeness (QED) is 0.594. The van der Waals surface area contributed by atoms with Gasteiger partial charge in [0.2, 0.25) is 21.9 Å². The molecular formula is C25H27F3N2O4S. The summed E-state index contributed by atoms with van der Waals surface area (Å²) >= 11 is 0. The molecular weight excluding hydrogens is 481 g/mol. The zero-order valence-corrected chi connectivity index (χ0v) is 19.9. The fraction of sp³-hybridized carbons (Fsp3) is 0.480. The summed E-state index contributed by atoms with van der Waals surface area (Å²) in [6.07, 6.45) is 1.28. The van der Waals surface area contributed by atoms with E-state index >= 15 is 4.39 Å². The van der Waals surface area contributed by atoms with Gasteiger partial charge in [-0.2, -0.15) is 0 Å². The number of rotatable bonds is 8. The zero-order valence-electron chi connectivity index (χ0n) is 19.1. The molecule has 3 fully saturated rings. The molecule has 0 bridgehead atoms. The second-order valence-electron chi connectivity index (χ2n) is 9.94. The number of alkyl halides is 2. The first kappa shape index (κ1) is 24.3. The monoisotopic (exact) mass is 508 g/mol. The van der Waals surface area contributed by atoms with Gasteiger partial charge in [0.1, 0.15) is 17.9 Å². The van der Waals surface area contributed by atoms with Gasteiger partial charge in [-0.3, -0.25) is 4.79 Å². The number of halogens is 3. The van der Waals surface area contributed by atoms with Gasteiger partial charge in [-0.05, 0) is 30.4 Å². The smallest absolute Gasteiger partial charge is 0.241 e. The maximum absolute atomic E-state index is 15.7. The second-order valence-corrected chi connectivity index (χ2v) is 11.6. The van der Waals surface area contributed by atoms with E-state index in [1.807, 2.05) is 6.07 Å². The van der Waals surface area contributed by atoms with Gasteiger partial charge in [0.05, 0.1) is 19.3 Å². The standard InChI is InChI=1S/C25H27F3N2O4S/c26-12-25(14-34-15-25)23(31)30-13-24(9-10-24)22(29-35(32,33)16-27)20(30)11-18-7-4-8-19(21(18)28)17-5-2-1-3-6-17/h1-8,20,22,29H,9-16H2/t20-,22+/m0/s1. The Kier molecular flexibility index (Phi) is 6.17. The molecule has 2 aromatic carbocycles. The van der Waals surface area contributed by atoms with Gasteiger partial charge < -0.3 is 9.64 Å². The predicted octanol–water partition coefficient (Wildman–Crippen LogP) is 3.23. The SMILES string of the molecule is O=C(N1CC2(CC2)[C@H](NS(=O)(=O)CF)[C@@H]1Cc1cccc(-c2ccccc2)c1F)C1(CF)COC1. The lowest BCUT2D eigenvalue weighted by Gasteiger charge is -2.42. The van der Waals surface area contributed by atoms with Crippen molar-refractivity contribution in [1.82, 2.24) is 9.62 Å². The van der Waals surface area contributed by atoms with Crippen molar-refractivity contribution in [3.63, 3.8) is 0 Å². The highest BCUT2D eigenvalue weighted by Gasteiger charge is 2.63. The summed E-state index contributed by atoms with van der Waals surface area (Å²) in [5, 5.41) is 0. The van der Waals surface area contributed by atoms with Crippen LogP contribution < -0.4 is 4.72 Å². The molecule has 2 heterocycles. The van der Waals surface area contributed by atoms with Gasteiger partial charge in [0.15, 0.2) is 0 Å². The number of hydrogen-bond donors (Lipinski definition) is 1. The fourth-order valence-electron chi connectivity index (χ4n) is 5.37. The van der Waals surface area contributed by atoms with Crippen molar-refractivity contribution < 1.29 is 31.1 Å². The summed E-state index contributed by atoms with van der Waals surface area (Å²) in [7, 11) is -4.25. The normalized spacial score (nSPS) is 24.4. The molecule has 1 aliphatic carbocycles. The molecule has 6 nitrogen and oxygen atoms in total. The Morgan fingerprint density at radius 3 is 2.37 bits per heavy atom. The maximum Gasteiger partial charge on any atom is 0.241 e. The molecule has 0 aromatic heterocycles. The first-order valence-electron chi connectivity index (χ1n) is 11.6. The number of amides is 1. The van der Waals surface area contributed by atoms with Gasteiger partial charge in [-0.25, -0.2) is 26.3 Å². The third kappa shape index (κ3) is 4.25. The van der Waals surface area contributed by atoms with Crippen LogP contribution in [0, 0.1) is 16.6 Å². The molecule has 2 atom stereocenters. The number of benzene rings is 2. The molecule has 0 unspecified atom stereocenters. The Bertz CT molecular complexity index is 1210. The Balaban J connectivity index is 1.53. The van der Waals surface area contributed by atoms with Crippen LogP contribution in [0.25, 0.3) is 11.1 Å². The maximum atomic E-state index is 15.7. The van der Waals surface area contributed by atoms with Crippen molar-refractivity contribution in [3.8, 4) is 11.1 Å². The summed E-state index contributed by atoms with van der Waals surface area (Å²) in [5.41, 5.74) is -0.517. The van der Waals surface area contributed by atoms with Crippen LogP contribution >= 0.6 is 0 Å². The zero-order chi connectivity index (χ0) is 24.8. The summed E-state index contributed by atoms with van der Waals surface area (Å²) in [4.78, 5) is 15.0. The molecule has 1 saturated carbocycles. The predicted molar refractivity (Wildman–Crippen MR) is 124 cm³/mol. The van der Waals surface area contributed by atoms with Gasteiger partial charge in [-0.15, -0.1) is 0 Å². The minimum Gasteiger partial charge on any atom is -0.379 e. The van der Waals surface area contributed by atoms with E-state index in [0.717, 1.165) is 0 Å². The molecule has 5 rings (SSSR count). The van der Waals surface area contributed by atoms with Gasteiger partial charge in [-0.1, -0.05) is 48.5 Å². The van der Waals surface area contributed by atoms with Crippen molar-refractivity contribution >= 4 is 15.9 Å². The van der Waals surface area contributed by atoms with Crippen molar-refractivity contribution in [1.29, 1.82) is 0 Å². The number of carbonyl (C=O) groups excluding carboxylic acids is 1. The Morgan fingerprint density at radius 1 is 1.09 bits per heavy atom. The van der Waals surface area contributed by atoms with E-state index in [-0.39, 0.29) is 26.2 Å². The fourth-order valence-corrected chi connectivity index (χ4v) is 6.22. The number of carbonyl (C=O) groups is 1. The van der Waals surface area contributed by atoms with E-state index in [9.17, 15) is 22.0 Å². The summed E-state index contributed by atoms with van der Waals surface area (Å²) in [6.45, 7) is -0.812. The topological polar surface area (TPSA) is 75.7 Å². The molecule has 0 radical (unpaired) electrons. The van der Waals surface area contributed by atoms with Crippen LogP contribution in [0.2, 0.25) is 0 Å². The number of nitrogens with zero attached hydrogens (tertiary/aromatic N) is 1. The largest absolute Gasteiger partial charge is 0.379 e. The van der Waals surface area contributed by atoms with E-state index in [1.54, 1.807) is 42.5 Å². The lowest BCUT2D eigenvalue weighted by Crippen LogP contribution is -2.59. The molecule has 188 valence electrons. The lowest BCUT2D eigenvalue weighted by molar-refractivity contribution is -0.177. The first-order valence-corrected chi connectivity index (χ1v) is 13.2. The highest BCUT2D eigenvalue weighted by atomic mass is 32.2. The number of ether oxygens (including phenoxy) is 1. The van der Waals surface area contributed by atoms with E-state index in [4.69, 9.17) is 4.74 Å². The third-order valence-electron chi connectivity index (χ3n) is 7.59. The second kappa shape index (κ2) is 8.90. The molecule has 1 N–H and O–H groups in total. The highest BCUT2D eigenvalue weighted by molar-refractivity contribution is 7.89. The highest BCUT2D eigenvalue weighted by Crippen LogP contribution is 2.56. The number of likely N-dealkylation sites (tertiary alicyclic amines) is 1. The molecule has 2 aliphatic heterocycles. The van der Waals surface area contributed by atoms with Crippen LogP contribution in [0.15, 0.2) is 48.5 Å². The Hall–Kier alpha value is -2.43. The average Bonchev–Trinajstić information content (AvgIpc) is 3.55. The Morgan fingerprint density at radius 2 is 1.80 bits per heavy atom. The van der Waals surface area contributed by atoms with Crippen LogP contribution in [0.3, 0.4) is 0 Å². The van der Waals surface area contributed by atoms with Crippen LogP contribution in [0.5, 0.6) is 0 Å². The molecule has 1 amide bonds. The average molecular weight is 509 g/mol. The molecule has 2 aromatic rings. The third-order valence-corrected chi connectivity index (χ3v) is 8.49. The van der Waals surface area contributed by atoms with Crippen LogP contribution in [-0.4, -0.2) is 63.7 Å². The van der Waals surface area contributed by atoms with E-state index < -0.39 is 57.3 Å². The van der Waals surface area contributed by atoms with E-state index in [0.29, 0.717) is 29.5 Å². The number of nitrogens with one attached hydrogen (secondary N) is 1. The summed E-state index contributed by atoms with van der Waals surface area (Å²) < 4.78 is 74.9. The lowest BCUT2D eigenvalue weighted by atomic mass is 9.85. The van der Waals surface area contributed by atoms with E-state index in [1.165, 1.54) is 4.90 Å². The number of hydrogen-bond acceptors (Lipinski definition) is 4. The molecule has 10 heteroatoms.